The fraction of sp³-hybridized carbons (Fsp3) is 0.375. The molecule has 0 unspecified atom stereocenters. The Morgan fingerprint density at radius 1 is 1.73 bits per heavy atom. The number of hydrogen-bond acceptors (Lipinski definition) is 2. The van der Waals surface area contributed by atoms with Gasteiger partial charge in [0, 0.05) is 6.20 Å². The van der Waals surface area contributed by atoms with Crippen molar-refractivity contribution >= 4 is 5.97 Å². The molecule has 0 bridgehead atoms. The van der Waals surface area contributed by atoms with E-state index in [2.05, 4.69) is 4.98 Å². The molecule has 0 aliphatic rings. The van der Waals surface area contributed by atoms with Gasteiger partial charge in [0.15, 0.2) is 0 Å². The lowest BCUT2D eigenvalue weighted by Gasteiger charge is -1.98. The van der Waals surface area contributed by atoms with Crippen molar-refractivity contribution in [3.05, 3.63) is 24.0 Å². The average Bonchev–Trinajstić information content (AvgIpc) is 2.52. The van der Waals surface area contributed by atoms with Crippen LogP contribution in [0.5, 0.6) is 0 Å². The first-order valence-corrected chi connectivity index (χ1v) is 3.65. The topological polar surface area (TPSA) is 42.1 Å². The number of ether oxygens (including phenoxy) is 1. The Morgan fingerprint density at radius 3 is 3.09 bits per heavy atom. The summed E-state index contributed by atoms with van der Waals surface area (Å²) in [6.07, 6.45) is 2.55. The van der Waals surface area contributed by atoms with Crippen molar-refractivity contribution < 1.29 is 9.53 Å². The molecule has 1 heterocycles. The van der Waals surface area contributed by atoms with Crippen LogP contribution in [0.25, 0.3) is 0 Å². The molecular weight excluding hydrogens is 142 g/mol. The van der Waals surface area contributed by atoms with Crippen LogP contribution in [0, 0.1) is 0 Å². The van der Waals surface area contributed by atoms with Crippen LogP contribution in [0.1, 0.15) is 23.8 Å². The van der Waals surface area contributed by atoms with Crippen LogP contribution in [-0.4, -0.2) is 17.6 Å². The van der Waals surface area contributed by atoms with E-state index in [1.807, 2.05) is 6.92 Å². The first-order chi connectivity index (χ1) is 5.34. The molecule has 3 nitrogen and oxygen atoms in total. The Hall–Kier alpha value is -1.25. The lowest BCUT2D eigenvalue weighted by molar-refractivity contribution is 0.0499. The maximum Gasteiger partial charge on any atom is 0.354 e. The van der Waals surface area contributed by atoms with Gasteiger partial charge >= 0.3 is 5.97 Å². The summed E-state index contributed by atoms with van der Waals surface area (Å²) in [4.78, 5) is 13.8. The third-order valence-electron chi connectivity index (χ3n) is 1.26. The molecule has 0 spiro atoms. The van der Waals surface area contributed by atoms with Crippen molar-refractivity contribution in [3.63, 3.8) is 0 Å². The molecular formula is C8H11NO2. The molecule has 0 saturated carbocycles. The molecule has 3 heteroatoms. The zero-order valence-corrected chi connectivity index (χ0v) is 6.46. The highest BCUT2D eigenvalue weighted by Crippen LogP contribution is 1.97. The molecule has 1 rings (SSSR count). The molecule has 11 heavy (non-hydrogen) atoms. The van der Waals surface area contributed by atoms with Gasteiger partial charge in [-0.3, -0.25) is 0 Å². The standard InChI is InChI=1S/C8H11NO2/c1-2-6-11-8(10)7-4-3-5-9-7/h3-5,9H,2,6H2,1H3. The Labute approximate surface area is 65.4 Å². The summed E-state index contributed by atoms with van der Waals surface area (Å²) in [5, 5.41) is 0. The fourth-order valence-electron chi connectivity index (χ4n) is 0.730. The average molecular weight is 153 g/mol. The van der Waals surface area contributed by atoms with Crippen molar-refractivity contribution in [1.82, 2.24) is 4.98 Å². The minimum atomic E-state index is -0.281. The molecule has 0 aromatic carbocycles. The number of carbonyl (C=O) groups excluding carboxylic acids is 1. The van der Waals surface area contributed by atoms with E-state index >= 15 is 0 Å². The van der Waals surface area contributed by atoms with Crippen molar-refractivity contribution in [3.8, 4) is 0 Å². The van der Waals surface area contributed by atoms with Crippen molar-refractivity contribution in [2.24, 2.45) is 0 Å². The van der Waals surface area contributed by atoms with Crippen molar-refractivity contribution in [2.75, 3.05) is 6.61 Å². The van der Waals surface area contributed by atoms with Gasteiger partial charge in [0.1, 0.15) is 5.69 Å². The van der Waals surface area contributed by atoms with Gasteiger partial charge in [0.2, 0.25) is 0 Å². The number of aromatic nitrogens is 1. The maximum atomic E-state index is 11.0. The highest BCUT2D eigenvalue weighted by molar-refractivity contribution is 5.87. The van der Waals surface area contributed by atoms with E-state index in [9.17, 15) is 4.79 Å². The third-order valence-corrected chi connectivity index (χ3v) is 1.26. The van der Waals surface area contributed by atoms with E-state index in [1.165, 1.54) is 0 Å². The van der Waals surface area contributed by atoms with Gasteiger partial charge in [0.25, 0.3) is 0 Å². The summed E-state index contributed by atoms with van der Waals surface area (Å²) >= 11 is 0. The third kappa shape index (κ3) is 2.11. The molecule has 1 aromatic rings. The van der Waals surface area contributed by atoms with Gasteiger partial charge in [-0.1, -0.05) is 6.92 Å². The molecule has 0 radical (unpaired) electrons. The van der Waals surface area contributed by atoms with Crippen molar-refractivity contribution in [2.45, 2.75) is 13.3 Å². The Bertz CT molecular complexity index is 216. The quantitative estimate of drug-likeness (QED) is 0.670. The molecule has 0 saturated heterocycles. The number of esters is 1. The molecule has 0 amide bonds. The van der Waals surface area contributed by atoms with Gasteiger partial charge in [-0.15, -0.1) is 0 Å². The number of H-pyrrole nitrogens is 1. The first-order valence-electron chi connectivity index (χ1n) is 3.65. The molecule has 0 aliphatic heterocycles. The monoisotopic (exact) mass is 153 g/mol. The van der Waals surface area contributed by atoms with Gasteiger partial charge in [-0.05, 0) is 18.6 Å². The Balaban J connectivity index is 2.43. The van der Waals surface area contributed by atoms with E-state index in [4.69, 9.17) is 4.74 Å². The smallest absolute Gasteiger partial charge is 0.354 e. The van der Waals surface area contributed by atoms with Gasteiger partial charge in [-0.25, -0.2) is 4.79 Å². The Morgan fingerprint density at radius 2 is 2.55 bits per heavy atom. The number of hydrogen-bond donors (Lipinski definition) is 1. The number of carbonyl (C=O) groups is 1. The minimum absolute atomic E-state index is 0.281. The molecule has 0 atom stereocenters. The highest BCUT2D eigenvalue weighted by Gasteiger charge is 2.04. The summed E-state index contributed by atoms with van der Waals surface area (Å²) < 4.78 is 4.87. The predicted molar refractivity (Wildman–Crippen MR) is 41.4 cm³/mol. The molecule has 0 aliphatic carbocycles. The number of rotatable bonds is 3. The van der Waals surface area contributed by atoms with Gasteiger partial charge in [-0.2, -0.15) is 0 Å². The maximum absolute atomic E-state index is 11.0. The fourth-order valence-corrected chi connectivity index (χ4v) is 0.730. The summed E-state index contributed by atoms with van der Waals surface area (Å²) in [6, 6.07) is 3.46. The van der Waals surface area contributed by atoms with E-state index in [0.717, 1.165) is 6.42 Å². The van der Waals surface area contributed by atoms with Crippen LogP contribution < -0.4 is 0 Å². The van der Waals surface area contributed by atoms with Crippen LogP contribution in [-0.2, 0) is 4.74 Å². The largest absolute Gasteiger partial charge is 0.461 e. The van der Waals surface area contributed by atoms with Crippen LogP contribution >= 0.6 is 0 Å². The van der Waals surface area contributed by atoms with Crippen LogP contribution in [0.15, 0.2) is 18.3 Å². The predicted octanol–water partition coefficient (Wildman–Crippen LogP) is 1.58. The van der Waals surface area contributed by atoms with Crippen LogP contribution in [0.3, 0.4) is 0 Å². The van der Waals surface area contributed by atoms with Crippen LogP contribution in [0.2, 0.25) is 0 Å². The zero-order chi connectivity index (χ0) is 8.10. The minimum Gasteiger partial charge on any atom is -0.461 e. The van der Waals surface area contributed by atoms with Gasteiger partial charge in [0.05, 0.1) is 6.61 Å². The number of aromatic amines is 1. The summed E-state index contributed by atoms with van der Waals surface area (Å²) in [7, 11) is 0. The summed E-state index contributed by atoms with van der Waals surface area (Å²) in [5.74, 6) is -0.281. The normalized spacial score (nSPS) is 9.55. The second-order valence-electron chi connectivity index (χ2n) is 2.22. The Kier molecular flexibility index (Phi) is 2.72. The highest BCUT2D eigenvalue weighted by atomic mass is 16.5. The molecule has 1 aromatic heterocycles. The van der Waals surface area contributed by atoms with Crippen molar-refractivity contribution in [1.29, 1.82) is 0 Å². The lowest BCUT2D eigenvalue weighted by atomic mass is 10.4. The summed E-state index contributed by atoms with van der Waals surface area (Å²) in [5.41, 5.74) is 0.512. The molecule has 60 valence electrons. The number of nitrogens with one attached hydrogen (secondary N) is 1. The van der Waals surface area contributed by atoms with E-state index in [-0.39, 0.29) is 5.97 Å². The molecule has 1 N–H and O–H groups in total. The van der Waals surface area contributed by atoms with E-state index in [0.29, 0.717) is 12.3 Å². The van der Waals surface area contributed by atoms with E-state index in [1.54, 1.807) is 18.3 Å². The second kappa shape index (κ2) is 3.81. The van der Waals surface area contributed by atoms with E-state index < -0.39 is 0 Å². The zero-order valence-electron chi connectivity index (χ0n) is 6.46. The first kappa shape index (κ1) is 7.85. The lowest BCUT2D eigenvalue weighted by Crippen LogP contribution is -2.05. The second-order valence-corrected chi connectivity index (χ2v) is 2.22. The SMILES string of the molecule is CCCOC(=O)c1ccc[nH]1. The van der Waals surface area contributed by atoms with Crippen LogP contribution in [0.4, 0.5) is 0 Å². The van der Waals surface area contributed by atoms with Gasteiger partial charge < -0.3 is 9.72 Å². The summed E-state index contributed by atoms with van der Waals surface area (Å²) in [6.45, 7) is 2.44. The molecule has 0 fully saturated rings.